The zero-order chi connectivity index (χ0) is 20.1. The van der Waals surface area contributed by atoms with Crippen LogP contribution in [0.3, 0.4) is 0 Å². The monoisotopic (exact) mass is 405 g/mol. The maximum Gasteiger partial charge on any atom is 0.236 e. The summed E-state index contributed by atoms with van der Waals surface area (Å²) in [6.45, 7) is 5.28. The van der Waals surface area contributed by atoms with Gasteiger partial charge in [-0.3, -0.25) is 9.30 Å². The van der Waals surface area contributed by atoms with Crippen LogP contribution in [0.1, 0.15) is 36.8 Å². The molecule has 0 aliphatic carbocycles. The zero-order valence-corrected chi connectivity index (χ0v) is 17.3. The van der Waals surface area contributed by atoms with Crippen molar-refractivity contribution in [3.05, 3.63) is 47.3 Å². The largest absolute Gasteiger partial charge is 0.359 e. The average molecular weight is 406 g/mol. The molecule has 1 aromatic carbocycles. The molecule has 0 saturated heterocycles. The van der Waals surface area contributed by atoms with Gasteiger partial charge in [-0.25, -0.2) is 8.42 Å². The maximum atomic E-state index is 12.7. The highest BCUT2D eigenvalue weighted by atomic mass is 32.2. The highest BCUT2D eigenvalue weighted by molar-refractivity contribution is 7.92. The van der Waals surface area contributed by atoms with Gasteiger partial charge in [-0.1, -0.05) is 37.2 Å². The summed E-state index contributed by atoms with van der Waals surface area (Å²) in [5.41, 5.74) is 2.76. The fraction of sp³-hybridized carbons (Fsp3) is 0.474. The Labute approximate surface area is 166 Å². The minimum absolute atomic E-state index is 0.0121. The van der Waals surface area contributed by atoms with E-state index >= 15 is 0 Å². The van der Waals surface area contributed by atoms with Crippen LogP contribution in [0.2, 0.25) is 0 Å². The Balaban J connectivity index is 1.50. The molecule has 2 N–H and O–H groups in total. The van der Waals surface area contributed by atoms with Crippen LogP contribution in [-0.2, 0) is 23.0 Å². The molecule has 0 fully saturated rings. The molecular formula is C19H27N5O3S. The topological polar surface area (TPSA) is 99.8 Å². The average Bonchev–Trinajstić information content (AvgIpc) is 3.31. The van der Waals surface area contributed by atoms with Crippen LogP contribution in [0.4, 0.5) is 5.69 Å². The number of anilines is 1. The van der Waals surface area contributed by atoms with Crippen LogP contribution in [0, 0.1) is 0 Å². The predicted octanol–water partition coefficient (Wildman–Crippen LogP) is 1.86. The van der Waals surface area contributed by atoms with Crippen molar-refractivity contribution in [2.45, 2.75) is 32.7 Å². The van der Waals surface area contributed by atoms with Crippen LogP contribution in [0.15, 0.2) is 39.8 Å². The van der Waals surface area contributed by atoms with E-state index in [0.29, 0.717) is 30.7 Å². The number of nitrogens with zero attached hydrogens (tertiary/aromatic N) is 3. The molecule has 2 aromatic rings. The highest BCUT2D eigenvalue weighted by Crippen LogP contribution is 2.29. The normalized spacial score (nSPS) is 14.4. The van der Waals surface area contributed by atoms with Crippen molar-refractivity contribution in [2.75, 3.05) is 30.2 Å². The molecule has 9 heteroatoms. The molecule has 0 amide bonds. The summed E-state index contributed by atoms with van der Waals surface area (Å²) in [5.74, 6) is 1.50. The van der Waals surface area contributed by atoms with Crippen LogP contribution in [0.5, 0.6) is 0 Å². The summed E-state index contributed by atoms with van der Waals surface area (Å²) in [4.78, 5) is 4.12. The van der Waals surface area contributed by atoms with E-state index < -0.39 is 10.0 Å². The summed E-state index contributed by atoms with van der Waals surface area (Å²) < 4.78 is 32.2. The van der Waals surface area contributed by atoms with Crippen molar-refractivity contribution < 1.29 is 12.9 Å². The van der Waals surface area contributed by atoms with Crippen molar-refractivity contribution in [2.24, 2.45) is 4.99 Å². The standard InChI is InChI=1S/C19H27N5O3S/c1-14(2)17-12-16(27-23-17)13-22-19(20-3)21-9-11-28(25,26)24-10-8-15-6-4-5-7-18(15)24/h4-7,12,14H,8-11,13H2,1-3H3,(H2,20,21,22). The molecule has 1 aliphatic rings. The first-order valence-electron chi connectivity index (χ1n) is 9.39. The molecule has 3 rings (SSSR count). The van der Waals surface area contributed by atoms with Crippen LogP contribution >= 0.6 is 0 Å². The number of benzene rings is 1. The number of nitrogens with one attached hydrogen (secondary N) is 2. The lowest BCUT2D eigenvalue weighted by molar-refractivity contribution is 0.372. The lowest BCUT2D eigenvalue weighted by Crippen LogP contribution is -2.41. The second-order valence-corrected chi connectivity index (χ2v) is 9.01. The first-order chi connectivity index (χ1) is 13.4. The Bertz CT molecular complexity index is 937. The third-order valence-electron chi connectivity index (χ3n) is 4.66. The maximum absolute atomic E-state index is 12.7. The van der Waals surface area contributed by atoms with Crippen LogP contribution in [-0.4, -0.2) is 45.4 Å². The molecule has 152 valence electrons. The van der Waals surface area contributed by atoms with E-state index in [4.69, 9.17) is 4.52 Å². The Hall–Kier alpha value is -2.55. The lowest BCUT2D eigenvalue weighted by Gasteiger charge is -2.20. The molecule has 0 spiro atoms. The number of aromatic nitrogens is 1. The van der Waals surface area contributed by atoms with Gasteiger partial charge in [-0.2, -0.15) is 0 Å². The number of hydrogen-bond acceptors (Lipinski definition) is 5. The molecule has 0 bridgehead atoms. The van der Waals surface area contributed by atoms with Gasteiger partial charge in [0.25, 0.3) is 0 Å². The fourth-order valence-corrected chi connectivity index (χ4v) is 4.51. The molecule has 0 radical (unpaired) electrons. The number of fused-ring (bicyclic) bond motifs is 1. The van der Waals surface area contributed by atoms with Gasteiger partial charge in [0.1, 0.15) is 0 Å². The van der Waals surface area contributed by atoms with E-state index in [1.54, 1.807) is 7.05 Å². The summed E-state index contributed by atoms with van der Waals surface area (Å²) in [6, 6.07) is 9.54. The van der Waals surface area contributed by atoms with E-state index in [9.17, 15) is 8.42 Å². The Morgan fingerprint density at radius 2 is 2.11 bits per heavy atom. The Kier molecular flexibility index (Phi) is 6.23. The van der Waals surface area contributed by atoms with E-state index in [1.165, 1.54) is 4.31 Å². The molecule has 0 saturated carbocycles. The van der Waals surface area contributed by atoms with Gasteiger partial charge >= 0.3 is 0 Å². The minimum atomic E-state index is -3.39. The smallest absolute Gasteiger partial charge is 0.236 e. The summed E-state index contributed by atoms with van der Waals surface area (Å²) in [7, 11) is -1.75. The minimum Gasteiger partial charge on any atom is -0.359 e. The summed E-state index contributed by atoms with van der Waals surface area (Å²) in [5, 5.41) is 10.2. The number of para-hydroxylation sites is 1. The second-order valence-electron chi connectivity index (χ2n) is 6.99. The van der Waals surface area contributed by atoms with Gasteiger partial charge in [0.05, 0.1) is 23.7 Å². The van der Waals surface area contributed by atoms with Crippen molar-refractivity contribution in [1.82, 2.24) is 15.8 Å². The van der Waals surface area contributed by atoms with E-state index in [-0.39, 0.29) is 12.3 Å². The van der Waals surface area contributed by atoms with Gasteiger partial charge in [0.15, 0.2) is 11.7 Å². The van der Waals surface area contributed by atoms with Gasteiger partial charge < -0.3 is 15.2 Å². The third kappa shape index (κ3) is 4.64. The molecule has 28 heavy (non-hydrogen) atoms. The molecule has 0 atom stereocenters. The third-order valence-corrected chi connectivity index (χ3v) is 6.43. The number of rotatable bonds is 7. The zero-order valence-electron chi connectivity index (χ0n) is 16.5. The molecule has 2 heterocycles. The first kappa shape index (κ1) is 20.2. The van der Waals surface area contributed by atoms with E-state index in [1.807, 2.05) is 30.3 Å². The van der Waals surface area contributed by atoms with Crippen molar-refractivity contribution in [3.63, 3.8) is 0 Å². The number of aliphatic imine (C=N–C) groups is 1. The van der Waals surface area contributed by atoms with E-state index in [0.717, 1.165) is 23.4 Å². The summed E-state index contributed by atoms with van der Waals surface area (Å²) >= 11 is 0. The summed E-state index contributed by atoms with van der Waals surface area (Å²) in [6.07, 6.45) is 0.752. The SMILES string of the molecule is CN=C(NCCS(=O)(=O)N1CCc2ccccc21)NCc1cc(C(C)C)no1. The first-order valence-corrected chi connectivity index (χ1v) is 11.0. The van der Waals surface area contributed by atoms with Gasteiger partial charge in [-0.05, 0) is 24.0 Å². The Morgan fingerprint density at radius 1 is 1.32 bits per heavy atom. The number of guanidine groups is 1. The molecular weight excluding hydrogens is 378 g/mol. The Morgan fingerprint density at radius 3 is 2.82 bits per heavy atom. The number of hydrogen-bond donors (Lipinski definition) is 2. The quantitative estimate of drug-likeness (QED) is 0.539. The predicted molar refractivity (Wildman–Crippen MR) is 110 cm³/mol. The highest BCUT2D eigenvalue weighted by Gasteiger charge is 2.28. The molecule has 8 nitrogen and oxygen atoms in total. The van der Waals surface area contributed by atoms with Crippen molar-refractivity contribution >= 4 is 21.7 Å². The molecule has 1 aliphatic heterocycles. The van der Waals surface area contributed by atoms with Crippen LogP contribution in [0.25, 0.3) is 0 Å². The second kappa shape index (κ2) is 8.64. The van der Waals surface area contributed by atoms with Gasteiger partial charge in [0, 0.05) is 26.2 Å². The van der Waals surface area contributed by atoms with Gasteiger partial charge in [0.2, 0.25) is 10.0 Å². The van der Waals surface area contributed by atoms with E-state index in [2.05, 4.69) is 34.6 Å². The van der Waals surface area contributed by atoms with Gasteiger partial charge in [-0.15, -0.1) is 0 Å². The fourth-order valence-electron chi connectivity index (χ4n) is 3.08. The lowest BCUT2D eigenvalue weighted by atomic mass is 10.1. The molecule has 1 aromatic heterocycles. The van der Waals surface area contributed by atoms with Crippen molar-refractivity contribution in [3.8, 4) is 0 Å². The van der Waals surface area contributed by atoms with Crippen molar-refractivity contribution in [1.29, 1.82) is 0 Å². The van der Waals surface area contributed by atoms with Crippen LogP contribution < -0.4 is 14.9 Å². The number of sulfonamides is 1. The molecule has 0 unspecified atom stereocenters.